The lowest BCUT2D eigenvalue weighted by Gasteiger charge is -2.19. The van der Waals surface area contributed by atoms with E-state index in [4.69, 9.17) is 0 Å². The molecule has 0 aliphatic heterocycles. The quantitative estimate of drug-likeness (QED) is 0.761. The molecular formula is C14H21NO3. The van der Waals surface area contributed by atoms with E-state index in [0.717, 1.165) is 5.69 Å². The molecule has 0 fully saturated rings. The molecule has 4 heteroatoms. The second-order valence-corrected chi connectivity index (χ2v) is 4.64. The van der Waals surface area contributed by atoms with E-state index in [1.54, 1.807) is 18.2 Å². The summed E-state index contributed by atoms with van der Waals surface area (Å²) in [4.78, 5) is 11.4. The first-order valence-electron chi connectivity index (χ1n) is 6.11. The second-order valence-electron chi connectivity index (χ2n) is 4.64. The summed E-state index contributed by atoms with van der Waals surface area (Å²) in [5, 5.41) is 12.5. The first-order valence-corrected chi connectivity index (χ1v) is 6.11. The van der Waals surface area contributed by atoms with Gasteiger partial charge in [-0.05, 0) is 24.1 Å². The molecule has 18 heavy (non-hydrogen) atoms. The van der Waals surface area contributed by atoms with Crippen molar-refractivity contribution in [1.82, 2.24) is 0 Å². The number of methoxy groups -OCH3 is 1. The van der Waals surface area contributed by atoms with Crippen LogP contribution in [0.3, 0.4) is 0 Å². The van der Waals surface area contributed by atoms with Crippen molar-refractivity contribution < 1.29 is 14.6 Å². The molecular weight excluding hydrogens is 230 g/mol. The zero-order valence-electron chi connectivity index (χ0n) is 11.1. The summed E-state index contributed by atoms with van der Waals surface area (Å²) in [5.41, 5.74) is 1.38. The third-order valence-corrected chi connectivity index (χ3v) is 3.03. The van der Waals surface area contributed by atoms with Crippen molar-refractivity contribution in [2.24, 2.45) is 11.8 Å². The van der Waals surface area contributed by atoms with Gasteiger partial charge in [0.05, 0.1) is 12.7 Å². The number of anilines is 1. The molecule has 0 saturated heterocycles. The van der Waals surface area contributed by atoms with Gasteiger partial charge < -0.3 is 15.2 Å². The topological polar surface area (TPSA) is 58.6 Å². The summed E-state index contributed by atoms with van der Waals surface area (Å²) in [6.45, 7) is 4.99. The van der Waals surface area contributed by atoms with Gasteiger partial charge in [-0.15, -0.1) is 0 Å². The molecule has 0 heterocycles. The first-order chi connectivity index (χ1) is 8.58. The molecule has 0 radical (unpaired) electrons. The summed E-state index contributed by atoms with van der Waals surface area (Å²) < 4.78 is 4.67. The number of nitrogens with one attached hydrogen (secondary N) is 1. The summed E-state index contributed by atoms with van der Waals surface area (Å²) >= 11 is 0. The summed E-state index contributed by atoms with van der Waals surface area (Å²) in [5.74, 6) is 0.263. The average Bonchev–Trinajstić information content (AvgIpc) is 2.38. The smallest absolute Gasteiger partial charge is 0.337 e. The molecule has 0 spiro atoms. The van der Waals surface area contributed by atoms with E-state index < -0.39 is 0 Å². The number of benzene rings is 1. The Hall–Kier alpha value is -1.55. The molecule has 0 saturated carbocycles. The van der Waals surface area contributed by atoms with Gasteiger partial charge in [0.1, 0.15) is 0 Å². The van der Waals surface area contributed by atoms with Gasteiger partial charge in [-0.25, -0.2) is 4.79 Å². The van der Waals surface area contributed by atoms with Crippen LogP contribution in [0, 0.1) is 11.8 Å². The third-order valence-electron chi connectivity index (χ3n) is 3.03. The van der Waals surface area contributed by atoms with Crippen LogP contribution in [-0.4, -0.2) is 31.3 Å². The molecule has 2 N–H and O–H groups in total. The molecule has 100 valence electrons. The second kappa shape index (κ2) is 7.01. The zero-order valence-corrected chi connectivity index (χ0v) is 11.1. The Labute approximate surface area is 108 Å². The lowest BCUT2D eigenvalue weighted by molar-refractivity contribution is 0.0601. The number of hydrogen-bond donors (Lipinski definition) is 2. The van der Waals surface area contributed by atoms with Crippen LogP contribution in [0.4, 0.5) is 5.69 Å². The van der Waals surface area contributed by atoms with Crippen LogP contribution in [0.5, 0.6) is 0 Å². The van der Waals surface area contributed by atoms with Crippen molar-refractivity contribution >= 4 is 11.7 Å². The van der Waals surface area contributed by atoms with Crippen LogP contribution in [0.2, 0.25) is 0 Å². The number of esters is 1. The Morgan fingerprint density at radius 1 is 1.44 bits per heavy atom. The van der Waals surface area contributed by atoms with Gasteiger partial charge >= 0.3 is 5.97 Å². The van der Waals surface area contributed by atoms with Gasteiger partial charge in [0.25, 0.3) is 0 Å². The highest BCUT2D eigenvalue weighted by atomic mass is 16.5. The van der Waals surface area contributed by atoms with Crippen molar-refractivity contribution in [3.8, 4) is 0 Å². The van der Waals surface area contributed by atoms with Crippen molar-refractivity contribution in [2.75, 3.05) is 25.6 Å². The fourth-order valence-corrected chi connectivity index (χ4v) is 1.63. The van der Waals surface area contributed by atoms with E-state index in [-0.39, 0.29) is 18.5 Å². The Morgan fingerprint density at radius 2 is 2.17 bits per heavy atom. The fourth-order valence-electron chi connectivity index (χ4n) is 1.63. The van der Waals surface area contributed by atoms with Crippen LogP contribution in [0.25, 0.3) is 0 Å². The predicted octanol–water partition coefficient (Wildman–Crippen LogP) is 2.15. The first kappa shape index (κ1) is 14.5. The highest BCUT2D eigenvalue weighted by Crippen LogP contribution is 2.15. The molecule has 0 aromatic heterocycles. The summed E-state index contributed by atoms with van der Waals surface area (Å²) in [6, 6.07) is 7.16. The van der Waals surface area contributed by atoms with Crippen molar-refractivity contribution in [3.05, 3.63) is 29.8 Å². The standard InChI is InChI=1S/C14H21NO3/c1-10(2)12(9-16)8-15-13-6-4-5-11(7-13)14(17)18-3/h4-7,10,12,15-16H,8-9H2,1-3H3. The number of aliphatic hydroxyl groups excluding tert-OH is 1. The van der Waals surface area contributed by atoms with Gasteiger partial charge in [-0.3, -0.25) is 0 Å². The van der Waals surface area contributed by atoms with Crippen LogP contribution in [0.1, 0.15) is 24.2 Å². The van der Waals surface area contributed by atoms with Gasteiger partial charge in [0.2, 0.25) is 0 Å². The molecule has 4 nitrogen and oxygen atoms in total. The van der Waals surface area contributed by atoms with E-state index in [2.05, 4.69) is 23.9 Å². The lowest BCUT2D eigenvalue weighted by Crippen LogP contribution is -2.23. The molecule has 0 amide bonds. The van der Waals surface area contributed by atoms with Crippen molar-refractivity contribution in [3.63, 3.8) is 0 Å². The van der Waals surface area contributed by atoms with E-state index in [0.29, 0.717) is 18.0 Å². The Kier molecular flexibility index (Phi) is 5.65. The Balaban J connectivity index is 2.65. The van der Waals surface area contributed by atoms with Crippen LogP contribution in [0.15, 0.2) is 24.3 Å². The third kappa shape index (κ3) is 4.04. The lowest BCUT2D eigenvalue weighted by atomic mass is 9.97. The normalized spacial score (nSPS) is 12.3. The Morgan fingerprint density at radius 3 is 2.72 bits per heavy atom. The molecule has 1 aromatic carbocycles. The summed E-state index contributed by atoms with van der Waals surface area (Å²) in [6.07, 6.45) is 0. The number of rotatable bonds is 6. The molecule has 1 rings (SSSR count). The number of carbonyl (C=O) groups excluding carboxylic acids is 1. The highest BCUT2D eigenvalue weighted by molar-refractivity contribution is 5.90. The zero-order chi connectivity index (χ0) is 13.5. The molecule has 1 atom stereocenters. The number of carbonyl (C=O) groups is 1. The minimum atomic E-state index is -0.346. The maximum Gasteiger partial charge on any atom is 0.337 e. The molecule has 0 aliphatic carbocycles. The van der Waals surface area contributed by atoms with Crippen LogP contribution >= 0.6 is 0 Å². The molecule has 1 aromatic rings. The maximum absolute atomic E-state index is 11.4. The highest BCUT2D eigenvalue weighted by Gasteiger charge is 2.12. The van der Waals surface area contributed by atoms with Gasteiger partial charge in [0, 0.05) is 24.8 Å². The largest absolute Gasteiger partial charge is 0.465 e. The molecule has 1 unspecified atom stereocenters. The Bertz CT molecular complexity index is 390. The molecule has 0 bridgehead atoms. The number of hydrogen-bond acceptors (Lipinski definition) is 4. The van der Waals surface area contributed by atoms with E-state index in [1.165, 1.54) is 7.11 Å². The van der Waals surface area contributed by atoms with E-state index >= 15 is 0 Å². The fraction of sp³-hybridized carbons (Fsp3) is 0.500. The minimum Gasteiger partial charge on any atom is -0.465 e. The van der Waals surface area contributed by atoms with E-state index in [9.17, 15) is 9.90 Å². The predicted molar refractivity (Wildman–Crippen MR) is 71.7 cm³/mol. The van der Waals surface area contributed by atoms with Gasteiger partial charge in [-0.1, -0.05) is 19.9 Å². The number of aliphatic hydroxyl groups is 1. The van der Waals surface area contributed by atoms with Crippen molar-refractivity contribution in [2.45, 2.75) is 13.8 Å². The average molecular weight is 251 g/mol. The summed E-state index contributed by atoms with van der Waals surface area (Å²) in [7, 11) is 1.36. The van der Waals surface area contributed by atoms with Gasteiger partial charge in [-0.2, -0.15) is 0 Å². The van der Waals surface area contributed by atoms with Crippen LogP contribution < -0.4 is 5.32 Å². The van der Waals surface area contributed by atoms with E-state index in [1.807, 2.05) is 6.07 Å². The SMILES string of the molecule is COC(=O)c1cccc(NCC(CO)C(C)C)c1. The monoisotopic (exact) mass is 251 g/mol. The van der Waals surface area contributed by atoms with Crippen LogP contribution in [-0.2, 0) is 4.74 Å². The van der Waals surface area contributed by atoms with Gasteiger partial charge in [0.15, 0.2) is 0 Å². The maximum atomic E-state index is 11.4. The molecule has 0 aliphatic rings. The van der Waals surface area contributed by atoms with Crippen molar-refractivity contribution in [1.29, 1.82) is 0 Å². The minimum absolute atomic E-state index is 0.154. The number of ether oxygens (including phenoxy) is 1.